The van der Waals surface area contributed by atoms with Crippen molar-refractivity contribution in [2.45, 2.75) is 52.1 Å². The number of carbonyl (C=O) groups is 3. The molecule has 0 saturated heterocycles. The van der Waals surface area contributed by atoms with Crippen LogP contribution in [0.2, 0.25) is 0 Å². The third-order valence-corrected chi connectivity index (χ3v) is 4.15. The zero-order valence-electron chi connectivity index (χ0n) is 16.5. The highest BCUT2D eigenvalue weighted by Gasteiger charge is 2.29. The van der Waals surface area contributed by atoms with Crippen molar-refractivity contribution in [3.05, 3.63) is 35.9 Å². The van der Waals surface area contributed by atoms with Crippen LogP contribution in [0.5, 0.6) is 0 Å². The largest absolute Gasteiger partial charge is 0.550 e. The maximum Gasteiger partial charge on any atom is 0.328 e. The molecule has 0 fully saturated rings. The van der Waals surface area contributed by atoms with Crippen molar-refractivity contribution in [1.82, 2.24) is 5.32 Å². The number of carboxylic acid groups (broad SMARTS) is 1. The predicted molar refractivity (Wildman–Crippen MR) is 98.4 cm³/mol. The molecular weight excluding hydrogens is 348 g/mol. The minimum absolute atomic E-state index is 0.0703. The first-order valence-electron chi connectivity index (χ1n) is 9.07. The van der Waals surface area contributed by atoms with Crippen molar-refractivity contribution in [2.75, 3.05) is 13.7 Å². The molecule has 1 rings (SSSR count). The average Bonchev–Trinajstić information content (AvgIpc) is 2.59. The maximum absolute atomic E-state index is 12.6. The van der Waals surface area contributed by atoms with E-state index in [9.17, 15) is 19.5 Å². The molecule has 3 N–H and O–H groups in total. The van der Waals surface area contributed by atoms with Gasteiger partial charge in [-0.15, -0.1) is 0 Å². The molecule has 1 aromatic rings. The number of carboxylic acids is 1. The van der Waals surface area contributed by atoms with Crippen LogP contribution in [0.25, 0.3) is 0 Å². The van der Waals surface area contributed by atoms with Gasteiger partial charge in [-0.3, -0.25) is 4.79 Å². The van der Waals surface area contributed by atoms with Crippen LogP contribution in [0, 0.1) is 5.41 Å². The van der Waals surface area contributed by atoms with Gasteiger partial charge in [0.2, 0.25) is 0 Å². The molecule has 7 nitrogen and oxygen atoms in total. The van der Waals surface area contributed by atoms with E-state index in [-0.39, 0.29) is 11.8 Å². The van der Waals surface area contributed by atoms with E-state index < -0.39 is 36.4 Å². The van der Waals surface area contributed by atoms with Crippen LogP contribution in [-0.2, 0) is 25.5 Å². The molecule has 0 unspecified atom stereocenters. The SMILES string of the molecule is COC(=O)[C@H](Cc1ccccc1)NC(=O)[C@@H](CC(=O)[O-])[NH2+]CCC(C)(C)C. The minimum Gasteiger partial charge on any atom is -0.550 e. The Morgan fingerprint density at radius 1 is 1.19 bits per heavy atom. The Morgan fingerprint density at radius 2 is 1.81 bits per heavy atom. The lowest BCUT2D eigenvalue weighted by molar-refractivity contribution is -0.678. The van der Waals surface area contributed by atoms with E-state index in [2.05, 4.69) is 26.1 Å². The number of benzene rings is 1. The molecule has 1 amide bonds. The molecule has 0 saturated carbocycles. The topological polar surface area (TPSA) is 112 Å². The molecule has 150 valence electrons. The molecule has 0 aromatic heterocycles. The monoisotopic (exact) mass is 378 g/mol. The fourth-order valence-corrected chi connectivity index (χ4v) is 2.64. The lowest BCUT2D eigenvalue weighted by atomic mass is 9.92. The van der Waals surface area contributed by atoms with Gasteiger partial charge < -0.3 is 25.3 Å². The fourth-order valence-electron chi connectivity index (χ4n) is 2.64. The third kappa shape index (κ3) is 9.19. The maximum atomic E-state index is 12.6. The molecule has 0 spiro atoms. The molecule has 1 aromatic carbocycles. The molecule has 2 atom stereocenters. The smallest absolute Gasteiger partial charge is 0.328 e. The Balaban J connectivity index is 2.80. The van der Waals surface area contributed by atoms with E-state index in [4.69, 9.17) is 4.74 Å². The molecular formula is C20H30N2O5. The van der Waals surface area contributed by atoms with E-state index in [0.29, 0.717) is 6.54 Å². The Labute approximate surface area is 160 Å². The summed E-state index contributed by atoms with van der Waals surface area (Å²) in [5.74, 6) is -2.40. The highest BCUT2D eigenvalue weighted by Crippen LogP contribution is 2.16. The number of rotatable bonds is 10. The molecule has 0 bridgehead atoms. The van der Waals surface area contributed by atoms with E-state index in [1.54, 1.807) is 5.32 Å². The van der Waals surface area contributed by atoms with Gasteiger partial charge in [-0.05, 0) is 11.0 Å². The highest BCUT2D eigenvalue weighted by molar-refractivity contribution is 5.88. The van der Waals surface area contributed by atoms with E-state index in [1.165, 1.54) is 7.11 Å². The zero-order chi connectivity index (χ0) is 20.4. The first-order valence-corrected chi connectivity index (χ1v) is 9.07. The normalized spacial score (nSPS) is 13.5. The Hall–Kier alpha value is -2.41. The van der Waals surface area contributed by atoms with Crippen molar-refractivity contribution in [1.29, 1.82) is 0 Å². The van der Waals surface area contributed by atoms with E-state index in [0.717, 1.165) is 12.0 Å². The first-order chi connectivity index (χ1) is 12.6. The summed E-state index contributed by atoms with van der Waals surface area (Å²) in [7, 11) is 1.25. The van der Waals surface area contributed by atoms with Gasteiger partial charge >= 0.3 is 5.97 Å². The summed E-state index contributed by atoms with van der Waals surface area (Å²) < 4.78 is 4.78. The quantitative estimate of drug-likeness (QED) is 0.528. The molecule has 0 aliphatic rings. The van der Waals surface area contributed by atoms with Crippen LogP contribution < -0.4 is 15.7 Å². The van der Waals surface area contributed by atoms with Crippen LogP contribution in [0.3, 0.4) is 0 Å². The van der Waals surface area contributed by atoms with E-state index >= 15 is 0 Å². The summed E-state index contributed by atoms with van der Waals surface area (Å²) in [6, 6.07) is 7.47. The lowest BCUT2D eigenvalue weighted by Crippen LogP contribution is -2.93. The summed E-state index contributed by atoms with van der Waals surface area (Å²) in [4.78, 5) is 35.7. The number of aliphatic carboxylic acids is 1. The van der Waals surface area contributed by atoms with Gasteiger partial charge in [0.1, 0.15) is 6.04 Å². The zero-order valence-corrected chi connectivity index (χ0v) is 16.5. The van der Waals surface area contributed by atoms with Crippen LogP contribution in [0.15, 0.2) is 30.3 Å². The van der Waals surface area contributed by atoms with Crippen molar-refractivity contribution >= 4 is 17.8 Å². The molecule has 0 aliphatic heterocycles. The van der Waals surface area contributed by atoms with Gasteiger partial charge in [0.05, 0.1) is 13.7 Å². The Morgan fingerprint density at radius 3 is 2.33 bits per heavy atom. The number of hydrogen-bond acceptors (Lipinski definition) is 5. The Bertz CT molecular complexity index is 625. The van der Waals surface area contributed by atoms with Crippen LogP contribution in [0.1, 0.15) is 39.2 Å². The van der Waals surface area contributed by atoms with E-state index in [1.807, 2.05) is 30.3 Å². The fraction of sp³-hybridized carbons (Fsp3) is 0.550. The standard InChI is InChI=1S/C20H30N2O5/c1-20(2,3)10-11-21-15(13-17(23)24)18(25)22-16(19(26)27-4)12-14-8-6-5-7-9-14/h5-9,15-16,21H,10-13H2,1-4H3,(H,22,25)(H,23,24)/t15-,16+/m1/s1. The number of amides is 1. The number of esters is 1. The highest BCUT2D eigenvalue weighted by atomic mass is 16.5. The van der Waals surface area contributed by atoms with Crippen molar-refractivity contribution in [3.63, 3.8) is 0 Å². The average molecular weight is 378 g/mol. The van der Waals surface area contributed by atoms with Crippen LogP contribution in [0.4, 0.5) is 0 Å². The summed E-state index contributed by atoms with van der Waals surface area (Å²) >= 11 is 0. The number of ether oxygens (including phenoxy) is 1. The van der Waals surface area contributed by atoms with Gasteiger partial charge in [0.15, 0.2) is 6.04 Å². The number of nitrogens with one attached hydrogen (secondary N) is 1. The van der Waals surface area contributed by atoms with Gasteiger partial charge in [-0.2, -0.15) is 0 Å². The minimum atomic E-state index is -1.31. The second-order valence-electron chi connectivity index (χ2n) is 7.79. The van der Waals surface area contributed by atoms with Crippen molar-refractivity contribution in [2.24, 2.45) is 5.41 Å². The molecule has 0 heterocycles. The first kappa shape index (κ1) is 22.6. The van der Waals surface area contributed by atoms with Gasteiger partial charge in [0, 0.05) is 25.2 Å². The number of hydrogen-bond donors (Lipinski definition) is 2. The number of quaternary nitrogens is 1. The molecule has 0 aliphatic carbocycles. The Kier molecular flexibility index (Phi) is 8.94. The number of methoxy groups -OCH3 is 1. The second kappa shape index (κ2) is 10.7. The number of carbonyl (C=O) groups excluding carboxylic acids is 3. The van der Waals surface area contributed by atoms with Gasteiger partial charge in [-0.1, -0.05) is 51.1 Å². The van der Waals surface area contributed by atoms with Crippen LogP contribution >= 0.6 is 0 Å². The second-order valence-corrected chi connectivity index (χ2v) is 7.79. The molecule has 0 radical (unpaired) electrons. The van der Waals surface area contributed by atoms with Crippen molar-refractivity contribution in [3.8, 4) is 0 Å². The third-order valence-electron chi connectivity index (χ3n) is 4.15. The van der Waals surface area contributed by atoms with Gasteiger partial charge in [0.25, 0.3) is 5.91 Å². The number of nitrogens with two attached hydrogens (primary N) is 1. The molecule has 27 heavy (non-hydrogen) atoms. The summed E-state index contributed by atoms with van der Waals surface area (Å²) in [5.41, 5.74) is 0.933. The van der Waals surface area contributed by atoms with Crippen LogP contribution in [-0.4, -0.2) is 43.6 Å². The molecule has 7 heteroatoms. The van der Waals surface area contributed by atoms with Gasteiger partial charge in [-0.25, -0.2) is 4.79 Å². The summed E-state index contributed by atoms with van der Waals surface area (Å²) in [6.45, 7) is 6.81. The van der Waals surface area contributed by atoms with Crippen molar-refractivity contribution < 1.29 is 29.5 Å². The summed E-state index contributed by atoms with van der Waals surface area (Å²) in [5, 5.41) is 15.4. The predicted octanol–water partition coefficient (Wildman–Crippen LogP) is -0.605. The summed E-state index contributed by atoms with van der Waals surface area (Å²) in [6.07, 6.45) is 0.656. The lowest BCUT2D eigenvalue weighted by Gasteiger charge is -2.22.